The molecule has 1 aromatic carbocycles. The lowest BCUT2D eigenvalue weighted by Gasteiger charge is -2.14. The van der Waals surface area contributed by atoms with Crippen LogP contribution in [0.1, 0.15) is 19.4 Å². The SMILES string of the molecule is COc1cc(S(C)(=O)=O)ccc1Nc1nc(NCC(C)C)c2c(C#N)c[nH]c2n1. The molecule has 0 aliphatic heterocycles. The van der Waals surface area contributed by atoms with Crippen LogP contribution < -0.4 is 15.4 Å². The molecule has 0 unspecified atom stereocenters. The van der Waals surface area contributed by atoms with E-state index in [0.29, 0.717) is 46.3 Å². The van der Waals surface area contributed by atoms with Gasteiger partial charge in [0.1, 0.15) is 23.3 Å². The Labute approximate surface area is 169 Å². The molecule has 2 aromatic heterocycles. The van der Waals surface area contributed by atoms with Crippen molar-refractivity contribution in [3.05, 3.63) is 30.0 Å². The van der Waals surface area contributed by atoms with Gasteiger partial charge in [0.05, 0.1) is 28.6 Å². The minimum Gasteiger partial charge on any atom is -0.495 e. The summed E-state index contributed by atoms with van der Waals surface area (Å²) in [5.74, 6) is 1.54. The molecule has 0 amide bonds. The summed E-state index contributed by atoms with van der Waals surface area (Å²) in [4.78, 5) is 12.1. The number of H-pyrrole nitrogens is 1. The number of aromatic nitrogens is 3. The van der Waals surface area contributed by atoms with E-state index in [4.69, 9.17) is 4.74 Å². The Morgan fingerprint density at radius 2 is 2.07 bits per heavy atom. The van der Waals surface area contributed by atoms with Gasteiger partial charge in [0, 0.05) is 25.1 Å². The molecule has 0 radical (unpaired) electrons. The van der Waals surface area contributed by atoms with Crippen LogP contribution >= 0.6 is 0 Å². The summed E-state index contributed by atoms with van der Waals surface area (Å²) in [5.41, 5.74) is 1.48. The van der Waals surface area contributed by atoms with Crippen molar-refractivity contribution in [2.45, 2.75) is 18.7 Å². The number of hydrogen-bond donors (Lipinski definition) is 3. The van der Waals surface area contributed by atoms with Crippen LogP contribution in [-0.2, 0) is 9.84 Å². The van der Waals surface area contributed by atoms with Crippen LogP contribution in [-0.4, -0.2) is 43.3 Å². The minimum absolute atomic E-state index is 0.151. The second-order valence-electron chi connectivity index (χ2n) is 6.97. The first-order chi connectivity index (χ1) is 13.7. The van der Waals surface area contributed by atoms with Gasteiger partial charge in [-0.1, -0.05) is 13.8 Å². The highest BCUT2D eigenvalue weighted by molar-refractivity contribution is 7.90. The highest BCUT2D eigenvalue weighted by Crippen LogP contribution is 2.31. The van der Waals surface area contributed by atoms with Gasteiger partial charge in [0.25, 0.3) is 0 Å². The van der Waals surface area contributed by atoms with Crippen LogP contribution in [0.3, 0.4) is 0 Å². The molecular weight excluding hydrogens is 392 g/mol. The number of hydrogen-bond acceptors (Lipinski definition) is 8. The van der Waals surface area contributed by atoms with E-state index in [9.17, 15) is 13.7 Å². The van der Waals surface area contributed by atoms with Crippen molar-refractivity contribution in [2.75, 3.05) is 30.5 Å². The Kier molecular flexibility index (Phi) is 5.61. The van der Waals surface area contributed by atoms with Gasteiger partial charge in [-0.3, -0.25) is 0 Å². The summed E-state index contributed by atoms with van der Waals surface area (Å²) < 4.78 is 28.9. The van der Waals surface area contributed by atoms with E-state index in [1.165, 1.54) is 19.2 Å². The second-order valence-corrected chi connectivity index (χ2v) is 8.98. The first-order valence-corrected chi connectivity index (χ1v) is 10.8. The van der Waals surface area contributed by atoms with Crippen LogP contribution in [0.5, 0.6) is 5.75 Å². The molecule has 3 rings (SSSR count). The third kappa shape index (κ3) is 4.41. The lowest BCUT2D eigenvalue weighted by atomic mass is 10.2. The van der Waals surface area contributed by atoms with E-state index in [1.807, 2.05) is 0 Å². The Bertz CT molecular complexity index is 1190. The van der Waals surface area contributed by atoms with E-state index >= 15 is 0 Å². The third-order valence-corrected chi connectivity index (χ3v) is 5.29. The Morgan fingerprint density at radius 3 is 2.69 bits per heavy atom. The molecule has 0 aliphatic rings. The molecule has 9 nitrogen and oxygen atoms in total. The van der Waals surface area contributed by atoms with Crippen molar-refractivity contribution in [3.63, 3.8) is 0 Å². The molecule has 2 heterocycles. The average Bonchev–Trinajstić information content (AvgIpc) is 3.08. The van der Waals surface area contributed by atoms with Crippen molar-refractivity contribution in [1.29, 1.82) is 5.26 Å². The van der Waals surface area contributed by atoms with E-state index in [0.717, 1.165) is 6.26 Å². The van der Waals surface area contributed by atoms with Gasteiger partial charge in [0.2, 0.25) is 5.95 Å². The number of benzene rings is 1. The lowest BCUT2D eigenvalue weighted by Crippen LogP contribution is -2.11. The molecule has 0 spiro atoms. The van der Waals surface area contributed by atoms with Gasteiger partial charge in [-0.2, -0.15) is 15.2 Å². The second kappa shape index (κ2) is 7.97. The van der Waals surface area contributed by atoms with Crippen LogP contribution in [0, 0.1) is 17.2 Å². The van der Waals surface area contributed by atoms with E-state index in [1.54, 1.807) is 12.3 Å². The molecule has 0 saturated heterocycles. The maximum absolute atomic E-state index is 11.8. The highest BCUT2D eigenvalue weighted by atomic mass is 32.2. The number of nitriles is 1. The van der Waals surface area contributed by atoms with Crippen LogP contribution in [0.2, 0.25) is 0 Å². The number of ether oxygens (including phenoxy) is 1. The summed E-state index contributed by atoms with van der Waals surface area (Å²) in [6.45, 7) is 4.82. The zero-order chi connectivity index (χ0) is 21.2. The Morgan fingerprint density at radius 1 is 1.31 bits per heavy atom. The normalized spacial score (nSPS) is 11.4. The monoisotopic (exact) mass is 414 g/mol. The molecule has 3 aromatic rings. The summed E-state index contributed by atoms with van der Waals surface area (Å²) in [7, 11) is -1.91. The third-order valence-electron chi connectivity index (χ3n) is 4.18. The molecule has 0 aliphatic carbocycles. The van der Waals surface area contributed by atoms with Crippen molar-refractivity contribution < 1.29 is 13.2 Å². The van der Waals surface area contributed by atoms with Gasteiger partial charge >= 0.3 is 0 Å². The van der Waals surface area contributed by atoms with Gasteiger partial charge < -0.3 is 20.4 Å². The smallest absolute Gasteiger partial charge is 0.231 e. The molecule has 3 N–H and O–H groups in total. The first-order valence-electron chi connectivity index (χ1n) is 8.91. The van der Waals surface area contributed by atoms with E-state index in [-0.39, 0.29) is 10.8 Å². The zero-order valence-corrected chi connectivity index (χ0v) is 17.4. The van der Waals surface area contributed by atoms with Crippen molar-refractivity contribution in [2.24, 2.45) is 5.92 Å². The molecule has 0 atom stereocenters. The fourth-order valence-electron chi connectivity index (χ4n) is 2.73. The maximum atomic E-state index is 11.8. The molecule has 0 fully saturated rings. The number of methoxy groups -OCH3 is 1. The predicted octanol–water partition coefficient (Wildman–Crippen LogP) is 3.05. The van der Waals surface area contributed by atoms with Gasteiger partial charge in [0.15, 0.2) is 9.84 Å². The number of fused-ring (bicyclic) bond motifs is 1. The van der Waals surface area contributed by atoms with Gasteiger partial charge in [-0.25, -0.2) is 8.42 Å². The summed E-state index contributed by atoms with van der Waals surface area (Å²) in [6, 6.07) is 6.66. The zero-order valence-electron chi connectivity index (χ0n) is 16.6. The summed E-state index contributed by atoms with van der Waals surface area (Å²) >= 11 is 0. The molecule has 152 valence electrons. The number of nitrogens with one attached hydrogen (secondary N) is 3. The summed E-state index contributed by atoms with van der Waals surface area (Å²) in [6.07, 6.45) is 2.72. The number of sulfone groups is 1. The molecule has 29 heavy (non-hydrogen) atoms. The number of nitrogens with zero attached hydrogens (tertiary/aromatic N) is 3. The minimum atomic E-state index is -3.36. The molecule has 0 bridgehead atoms. The van der Waals surface area contributed by atoms with Gasteiger partial charge in [-0.05, 0) is 18.1 Å². The number of rotatable bonds is 7. The highest BCUT2D eigenvalue weighted by Gasteiger charge is 2.16. The van der Waals surface area contributed by atoms with Crippen molar-refractivity contribution in [1.82, 2.24) is 15.0 Å². The fraction of sp³-hybridized carbons (Fsp3) is 0.316. The van der Waals surface area contributed by atoms with E-state index < -0.39 is 9.84 Å². The van der Waals surface area contributed by atoms with Crippen LogP contribution in [0.4, 0.5) is 17.5 Å². The lowest BCUT2D eigenvalue weighted by molar-refractivity contribution is 0.415. The largest absolute Gasteiger partial charge is 0.495 e. The van der Waals surface area contributed by atoms with E-state index in [2.05, 4.69) is 45.5 Å². The Balaban J connectivity index is 2.03. The van der Waals surface area contributed by atoms with Crippen molar-refractivity contribution >= 4 is 38.3 Å². The molecule has 10 heteroatoms. The standard InChI is InChI=1S/C19H22N6O3S/c1-11(2)9-21-17-16-12(8-20)10-22-18(16)25-19(24-17)23-14-6-5-13(29(4,26)27)7-15(14)28-3/h5-7,10-11H,9H2,1-4H3,(H3,21,22,23,24,25). The predicted molar refractivity (Wildman–Crippen MR) is 111 cm³/mol. The topological polar surface area (TPSA) is 133 Å². The summed E-state index contributed by atoms with van der Waals surface area (Å²) in [5, 5.41) is 16.3. The maximum Gasteiger partial charge on any atom is 0.231 e. The van der Waals surface area contributed by atoms with Gasteiger partial charge in [-0.15, -0.1) is 0 Å². The van der Waals surface area contributed by atoms with Crippen LogP contribution in [0.15, 0.2) is 29.3 Å². The average molecular weight is 414 g/mol. The van der Waals surface area contributed by atoms with Crippen molar-refractivity contribution in [3.8, 4) is 11.8 Å². The fourth-order valence-corrected chi connectivity index (χ4v) is 3.37. The number of aromatic amines is 1. The molecular formula is C19H22N6O3S. The quantitative estimate of drug-likeness (QED) is 0.537. The van der Waals surface area contributed by atoms with Crippen LogP contribution in [0.25, 0.3) is 11.0 Å². The first kappa shape index (κ1) is 20.4. The number of anilines is 3. The molecule has 0 saturated carbocycles. The Hall–Kier alpha value is -3.32.